The first-order valence-electron chi connectivity index (χ1n) is 12.6. The Balaban J connectivity index is 1.45. The van der Waals surface area contributed by atoms with E-state index < -0.39 is 0 Å². The number of carbonyl (C=O) groups is 1. The van der Waals surface area contributed by atoms with E-state index in [1.165, 1.54) is 22.3 Å². The molecule has 0 amide bonds. The van der Waals surface area contributed by atoms with Gasteiger partial charge in [-0.1, -0.05) is 121 Å². The van der Waals surface area contributed by atoms with E-state index in [-0.39, 0.29) is 36.0 Å². The van der Waals surface area contributed by atoms with Crippen molar-refractivity contribution in [2.45, 2.75) is 24.2 Å². The van der Waals surface area contributed by atoms with Gasteiger partial charge in [0.25, 0.3) is 0 Å². The number of nitrogens with zero attached hydrogens (tertiary/aromatic N) is 2. The van der Waals surface area contributed by atoms with Gasteiger partial charge in [-0.05, 0) is 22.3 Å². The predicted molar refractivity (Wildman–Crippen MR) is 137 cm³/mol. The van der Waals surface area contributed by atoms with Crippen LogP contribution in [0.15, 0.2) is 121 Å². The number of benzene rings is 4. The van der Waals surface area contributed by atoms with E-state index in [9.17, 15) is 4.79 Å². The van der Waals surface area contributed by atoms with E-state index in [1.54, 1.807) is 0 Å². The van der Waals surface area contributed by atoms with Crippen LogP contribution in [0.25, 0.3) is 0 Å². The molecule has 172 valence electrons. The van der Waals surface area contributed by atoms with Crippen molar-refractivity contribution < 1.29 is 4.79 Å². The Labute approximate surface area is 206 Å². The lowest BCUT2D eigenvalue weighted by Crippen LogP contribution is -2.69. The number of ketones is 1. The Bertz CT molecular complexity index is 1130. The molecule has 4 bridgehead atoms. The van der Waals surface area contributed by atoms with Crippen molar-refractivity contribution in [3.63, 3.8) is 0 Å². The van der Waals surface area contributed by atoms with E-state index in [1.807, 2.05) is 0 Å². The molecule has 4 aromatic rings. The first-order valence-corrected chi connectivity index (χ1v) is 12.6. The fraction of sp³-hybridized carbons (Fsp3) is 0.219. The zero-order chi connectivity index (χ0) is 23.4. The summed E-state index contributed by atoms with van der Waals surface area (Å²) in [7, 11) is 0. The second kappa shape index (κ2) is 8.30. The molecule has 8 rings (SSSR count). The monoisotopic (exact) mass is 456 g/mol. The molecule has 4 aliphatic rings. The van der Waals surface area contributed by atoms with Crippen LogP contribution in [0.1, 0.15) is 46.4 Å². The summed E-state index contributed by atoms with van der Waals surface area (Å²) in [6, 6.07) is 43.0. The van der Waals surface area contributed by atoms with Crippen molar-refractivity contribution in [3.05, 3.63) is 144 Å². The molecule has 4 saturated heterocycles. The first-order chi connectivity index (χ1) is 17.3. The molecular formula is C32H28N2O. The van der Waals surface area contributed by atoms with E-state index >= 15 is 0 Å². The number of piperidine rings is 2. The molecule has 3 heteroatoms. The van der Waals surface area contributed by atoms with Crippen molar-refractivity contribution in [2.75, 3.05) is 6.67 Å². The standard InChI is InChI=1S/C32H28N2O/c35-32-26-28(22-13-5-1-6-14-22)33-21-34(29(26)23-15-7-2-8-16-23)31(25-19-11-4-12-20-25)27(32)30(33)24-17-9-3-10-18-24/h1-20,26-31H,21H2/t26?,27?,28-,29-,30-,31+/m0/s1. The quantitative estimate of drug-likeness (QED) is 0.357. The summed E-state index contributed by atoms with van der Waals surface area (Å²) in [5.74, 6) is 0.208. The maximum Gasteiger partial charge on any atom is 0.146 e. The van der Waals surface area contributed by atoms with Gasteiger partial charge in [0, 0.05) is 24.2 Å². The molecule has 3 nitrogen and oxygen atoms in total. The fourth-order valence-electron chi connectivity index (χ4n) is 7.10. The third-order valence-corrected chi connectivity index (χ3v) is 8.34. The Morgan fingerprint density at radius 1 is 0.429 bits per heavy atom. The lowest BCUT2D eigenvalue weighted by Gasteiger charge is -2.67. The highest BCUT2D eigenvalue weighted by Gasteiger charge is 2.65. The zero-order valence-corrected chi connectivity index (χ0v) is 19.5. The van der Waals surface area contributed by atoms with Gasteiger partial charge in [-0.15, -0.1) is 0 Å². The van der Waals surface area contributed by atoms with Crippen LogP contribution in [-0.2, 0) is 4.79 Å². The maximum absolute atomic E-state index is 14.7. The highest BCUT2D eigenvalue weighted by Crippen LogP contribution is 2.63. The number of rotatable bonds is 4. The van der Waals surface area contributed by atoms with Crippen LogP contribution in [0.4, 0.5) is 0 Å². The van der Waals surface area contributed by atoms with E-state index in [0.29, 0.717) is 5.78 Å². The molecule has 4 aromatic carbocycles. The average Bonchev–Trinajstić information content (AvgIpc) is 2.93. The van der Waals surface area contributed by atoms with Crippen LogP contribution in [0.3, 0.4) is 0 Å². The molecule has 0 radical (unpaired) electrons. The Kier molecular flexibility index (Phi) is 4.93. The van der Waals surface area contributed by atoms with Gasteiger partial charge in [0.05, 0.1) is 18.5 Å². The molecule has 0 spiro atoms. The summed E-state index contributed by atoms with van der Waals surface area (Å²) in [6.45, 7) is 0.832. The summed E-state index contributed by atoms with van der Waals surface area (Å²) in [6.07, 6.45) is 0. The second-order valence-corrected chi connectivity index (χ2v) is 10.0. The Hall–Kier alpha value is -3.53. The molecule has 35 heavy (non-hydrogen) atoms. The Morgan fingerprint density at radius 3 is 0.943 bits per heavy atom. The van der Waals surface area contributed by atoms with E-state index in [2.05, 4.69) is 131 Å². The van der Waals surface area contributed by atoms with E-state index in [0.717, 1.165) is 6.67 Å². The number of hydrogen-bond acceptors (Lipinski definition) is 3. The van der Waals surface area contributed by atoms with Crippen LogP contribution >= 0.6 is 0 Å². The maximum atomic E-state index is 14.7. The molecule has 4 fully saturated rings. The van der Waals surface area contributed by atoms with Crippen molar-refractivity contribution in [3.8, 4) is 0 Å². The summed E-state index contributed by atoms with van der Waals surface area (Å²) in [4.78, 5) is 19.9. The Morgan fingerprint density at radius 2 is 0.686 bits per heavy atom. The summed E-state index contributed by atoms with van der Waals surface area (Å²) >= 11 is 0. The first kappa shape index (κ1) is 20.8. The minimum Gasteiger partial charge on any atom is -0.299 e. The second-order valence-electron chi connectivity index (χ2n) is 10.0. The van der Waals surface area contributed by atoms with Gasteiger partial charge in [0.2, 0.25) is 0 Å². The minimum atomic E-state index is -0.0986. The SMILES string of the molecule is O=C1C2[C@@H](c3ccccc3)N3CN([C@H]2c2ccccc2)[C@@H](c2ccccc2)C1[C@@H]3c1ccccc1. The summed E-state index contributed by atoms with van der Waals surface area (Å²) in [5, 5.41) is 0. The molecule has 8 atom stereocenters. The van der Waals surface area contributed by atoms with Crippen molar-refractivity contribution in [2.24, 2.45) is 11.8 Å². The minimum absolute atomic E-state index is 0.0586. The van der Waals surface area contributed by atoms with Crippen LogP contribution in [0.2, 0.25) is 0 Å². The normalized spacial score (nSPS) is 33.1. The van der Waals surface area contributed by atoms with Gasteiger partial charge < -0.3 is 0 Å². The highest BCUT2D eigenvalue weighted by atomic mass is 16.1. The number of carbonyl (C=O) groups excluding carboxylic acids is 1. The smallest absolute Gasteiger partial charge is 0.146 e. The van der Waals surface area contributed by atoms with E-state index in [4.69, 9.17) is 0 Å². The van der Waals surface area contributed by atoms with Gasteiger partial charge in [-0.2, -0.15) is 0 Å². The molecule has 0 aromatic heterocycles. The van der Waals surface area contributed by atoms with Crippen molar-refractivity contribution in [1.29, 1.82) is 0 Å². The van der Waals surface area contributed by atoms with Gasteiger partial charge in [-0.3, -0.25) is 14.6 Å². The van der Waals surface area contributed by atoms with Crippen LogP contribution in [-0.4, -0.2) is 22.3 Å². The molecule has 4 unspecified atom stereocenters. The zero-order valence-electron chi connectivity index (χ0n) is 19.5. The molecule has 0 saturated carbocycles. The summed E-state index contributed by atoms with van der Waals surface area (Å²) < 4.78 is 0. The molecular weight excluding hydrogens is 428 g/mol. The summed E-state index contributed by atoms with van der Waals surface area (Å²) in [5.41, 5.74) is 4.96. The average molecular weight is 457 g/mol. The predicted octanol–water partition coefficient (Wildman–Crippen LogP) is 6.36. The van der Waals surface area contributed by atoms with Crippen molar-refractivity contribution in [1.82, 2.24) is 9.80 Å². The van der Waals surface area contributed by atoms with Crippen LogP contribution in [0.5, 0.6) is 0 Å². The number of Topliss-reactive ketones (excluding diaryl/α,β-unsaturated/α-hetero) is 1. The largest absolute Gasteiger partial charge is 0.299 e. The molecule has 0 N–H and O–H groups in total. The molecule has 4 heterocycles. The van der Waals surface area contributed by atoms with Crippen LogP contribution < -0.4 is 0 Å². The topological polar surface area (TPSA) is 23.6 Å². The third kappa shape index (κ3) is 3.16. The van der Waals surface area contributed by atoms with Gasteiger partial charge in [0.15, 0.2) is 0 Å². The van der Waals surface area contributed by atoms with Crippen LogP contribution in [0, 0.1) is 11.8 Å². The lowest BCUT2D eigenvalue weighted by molar-refractivity contribution is -0.208. The van der Waals surface area contributed by atoms with Gasteiger partial charge >= 0.3 is 0 Å². The molecule has 4 aliphatic heterocycles. The van der Waals surface area contributed by atoms with Crippen molar-refractivity contribution >= 4 is 5.78 Å². The lowest BCUT2D eigenvalue weighted by atomic mass is 9.60. The third-order valence-electron chi connectivity index (χ3n) is 8.34. The number of hydrogen-bond donors (Lipinski definition) is 0. The van der Waals surface area contributed by atoms with Gasteiger partial charge in [0.1, 0.15) is 5.78 Å². The molecule has 0 aliphatic carbocycles. The fourth-order valence-corrected chi connectivity index (χ4v) is 7.10. The highest BCUT2D eigenvalue weighted by molar-refractivity contribution is 5.89. The van der Waals surface area contributed by atoms with Gasteiger partial charge in [-0.25, -0.2) is 0 Å².